The minimum atomic E-state index is -0.352. The van der Waals surface area contributed by atoms with Crippen molar-refractivity contribution in [2.24, 2.45) is 5.92 Å². The lowest BCUT2D eigenvalue weighted by Gasteiger charge is -2.35. The van der Waals surface area contributed by atoms with Crippen LogP contribution < -0.4 is 4.74 Å². The van der Waals surface area contributed by atoms with E-state index in [0.29, 0.717) is 43.0 Å². The van der Waals surface area contributed by atoms with E-state index in [2.05, 4.69) is 31.2 Å². The summed E-state index contributed by atoms with van der Waals surface area (Å²) in [6.07, 6.45) is 4.72. The number of hydrogen-bond donors (Lipinski definition) is 1. The van der Waals surface area contributed by atoms with Crippen LogP contribution in [0.4, 0.5) is 4.39 Å². The number of amides is 1. The molecule has 4 nitrogen and oxygen atoms in total. The van der Waals surface area contributed by atoms with E-state index in [1.54, 1.807) is 4.90 Å². The molecule has 1 heterocycles. The SMILES string of the molecule is COc1cc([C@@H](C)C[C@H]2CC[C@@H](c3ccc(CC(=O)N4CC(O)C4)cc3)C2)ccc1F. The van der Waals surface area contributed by atoms with E-state index < -0.39 is 0 Å². The van der Waals surface area contributed by atoms with E-state index in [9.17, 15) is 14.3 Å². The third kappa shape index (κ3) is 5.09. The van der Waals surface area contributed by atoms with Crippen LogP contribution in [0.25, 0.3) is 0 Å². The van der Waals surface area contributed by atoms with Crippen LogP contribution in [-0.4, -0.2) is 42.2 Å². The van der Waals surface area contributed by atoms with Gasteiger partial charge in [0, 0.05) is 13.1 Å². The molecule has 0 bridgehead atoms. The average molecular weight is 426 g/mol. The number of methoxy groups -OCH3 is 1. The van der Waals surface area contributed by atoms with Crippen LogP contribution in [0.3, 0.4) is 0 Å². The lowest BCUT2D eigenvalue weighted by molar-refractivity contribution is -0.140. The fourth-order valence-corrected chi connectivity index (χ4v) is 5.06. The third-order valence-electron chi connectivity index (χ3n) is 6.99. The van der Waals surface area contributed by atoms with Crippen LogP contribution in [0, 0.1) is 11.7 Å². The number of carbonyl (C=O) groups is 1. The molecule has 0 unspecified atom stereocenters. The minimum absolute atomic E-state index is 0.0883. The smallest absolute Gasteiger partial charge is 0.227 e. The van der Waals surface area contributed by atoms with Crippen molar-refractivity contribution in [3.8, 4) is 5.75 Å². The van der Waals surface area contributed by atoms with Gasteiger partial charge in [-0.25, -0.2) is 4.39 Å². The first-order valence-corrected chi connectivity index (χ1v) is 11.3. The van der Waals surface area contributed by atoms with Crippen LogP contribution in [0.2, 0.25) is 0 Å². The van der Waals surface area contributed by atoms with Gasteiger partial charge in [0.25, 0.3) is 0 Å². The van der Waals surface area contributed by atoms with E-state index in [4.69, 9.17) is 4.74 Å². The van der Waals surface area contributed by atoms with E-state index in [1.807, 2.05) is 12.1 Å². The first-order valence-electron chi connectivity index (χ1n) is 11.3. The Morgan fingerprint density at radius 2 is 1.94 bits per heavy atom. The number of carbonyl (C=O) groups excluding carboxylic acids is 1. The first-order chi connectivity index (χ1) is 14.9. The summed E-state index contributed by atoms with van der Waals surface area (Å²) < 4.78 is 18.8. The van der Waals surface area contributed by atoms with E-state index in [-0.39, 0.29) is 17.8 Å². The molecule has 2 fully saturated rings. The first kappa shape index (κ1) is 21.8. The normalized spacial score (nSPS) is 22.3. The second-order valence-electron chi connectivity index (χ2n) is 9.28. The van der Waals surface area contributed by atoms with Crippen LogP contribution in [0.15, 0.2) is 42.5 Å². The van der Waals surface area contributed by atoms with Crippen molar-refractivity contribution in [2.45, 2.75) is 57.0 Å². The summed E-state index contributed by atoms with van der Waals surface area (Å²) in [6, 6.07) is 13.7. The van der Waals surface area contributed by atoms with Gasteiger partial charge in [-0.15, -0.1) is 0 Å². The molecular weight excluding hydrogens is 393 g/mol. The van der Waals surface area contributed by atoms with E-state index in [1.165, 1.54) is 38.0 Å². The maximum Gasteiger partial charge on any atom is 0.227 e. The van der Waals surface area contributed by atoms with Gasteiger partial charge in [0.1, 0.15) is 0 Å². The van der Waals surface area contributed by atoms with Crippen LogP contribution >= 0.6 is 0 Å². The molecule has 5 heteroatoms. The van der Waals surface area contributed by atoms with Gasteiger partial charge in [-0.2, -0.15) is 0 Å². The van der Waals surface area contributed by atoms with Crippen LogP contribution in [-0.2, 0) is 11.2 Å². The number of benzene rings is 2. The number of rotatable bonds is 7. The largest absolute Gasteiger partial charge is 0.494 e. The minimum Gasteiger partial charge on any atom is -0.494 e. The fraction of sp³-hybridized carbons (Fsp3) is 0.500. The molecule has 1 saturated carbocycles. The lowest BCUT2D eigenvalue weighted by Crippen LogP contribution is -2.53. The molecule has 2 aromatic carbocycles. The van der Waals surface area contributed by atoms with Crippen molar-refractivity contribution in [2.75, 3.05) is 20.2 Å². The number of aliphatic hydroxyl groups excluding tert-OH is 1. The summed E-state index contributed by atoms with van der Waals surface area (Å²) in [7, 11) is 1.50. The van der Waals surface area contributed by atoms with E-state index >= 15 is 0 Å². The quantitative estimate of drug-likeness (QED) is 0.702. The summed E-state index contributed by atoms with van der Waals surface area (Å²) in [6.45, 7) is 3.13. The van der Waals surface area contributed by atoms with Crippen LogP contribution in [0.1, 0.15) is 61.1 Å². The van der Waals surface area contributed by atoms with Crippen molar-refractivity contribution < 1.29 is 19.0 Å². The summed E-state index contributed by atoms with van der Waals surface area (Å²) in [5, 5.41) is 9.35. The average Bonchev–Trinajstić information content (AvgIpc) is 3.20. The summed E-state index contributed by atoms with van der Waals surface area (Å²) in [5.74, 6) is 1.69. The Balaban J connectivity index is 1.29. The van der Waals surface area contributed by atoms with Gasteiger partial charge in [0.05, 0.1) is 19.6 Å². The molecule has 1 aliphatic heterocycles. The lowest BCUT2D eigenvalue weighted by atomic mass is 9.88. The Kier molecular flexibility index (Phi) is 6.61. The molecule has 166 valence electrons. The Hall–Kier alpha value is -2.40. The number of ether oxygens (including phenoxy) is 1. The number of likely N-dealkylation sites (tertiary alicyclic amines) is 1. The molecular formula is C26H32FNO3. The monoisotopic (exact) mass is 425 g/mol. The zero-order valence-corrected chi connectivity index (χ0v) is 18.4. The third-order valence-corrected chi connectivity index (χ3v) is 6.99. The molecule has 31 heavy (non-hydrogen) atoms. The number of aliphatic hydroxyl groups is 1. The van der Waals surface area contributed by atoms with Gasteiger partial charge in [0.2, 0.25) is 5.91 Å². The predicted octanol–water partition coefficient (Wildman–Crippen LogP) is 4.66. The van der Waals surface area contributed by atoms with Gasteiger partial charge < -0.3 is 14.7 Å². The molecule has 0 spiro atoms. The number of nitrogens with zero attached hydrogens (tertiary/aromatic N) is 1. The zero-order valence-electron chi connectivity index (χ0n) is 18.4. The molecule has 2 aliphatic rings. The number of halogens is 1. The van der Waals surface area contributed by atoms with Gasteiger partial charge in [0.15, 0.2) is 11.6 Å². The Morgan fingerprint density at radius 1 is 1.19 bits per heavy atom. The highest BCUT2D eigenvalue weighted by Gasteiger charge is 2.29. The predicted molar refractivity (Wildman–Crippen MR) is 119 cm³/mol. The maximum absolute atomic E-state index is 13.7. The fourth-order valence-electron chi connectivity index (χ4n) is 5.06. The topological polar surface area (TPSA) is 49.8 Å². The molecule has 1 aliphatic carbocycles. The Labute approximate surface area is 184 Å². The summed E-state index contributed by atoms with van der Waals surface area (Å²) >= 11 is 0. The van der Waals surface area contributed by atoms with Gasteiger partial charge in [-0.3, -0.25) is 4.79 Å². The molecule has 4 rings (SSSR count). The second kappa shape index (κ2) is 9.39. The maximum atomic E-state index is 13.7. The second-order valence-corrected chi connectivity index (χ2v) is 9.28. The van der Waals surface area contributed by atoms with Crippen molar-refractivity contribution in [3.05, 3.63) is 65.0 Å². The zero-order chi connectivity index (χ0) is 22.0. The Bertz CT molecular complexity index is 907. The van der Waals surface area contributed by atoms with Crippen molar-refractivity contribution in [1.29, 1.82) is 0 Å². The number of hydrogen-bond acceptors (Lipinski definition) is 3. The van der Waals surface area contributed by atoms with Crippen LogP contribution in [0.5, 0.6) is 5.75 Å². The molecule has 0 aromatic heterocycles. The Morgan fingerprint density at radius 3 is 2.61 bits per heavy atom. The molecule has 0 radical (unpaired) electrons. The molecule has 2 aromatic rings. The molecule has 3 atom stereocenters. The molecule has 1 saturated heterocycles. The van der Waals surface area contributed by atoms with E-state index in [0.717, 1.165) is 17.5 Å². The highest BCUT2D eigenvalue weighted by atomic mass is 19.1. The number of β-amino-alcohol motifs (C(OH)–C–C–N with tert-alkyl or cyclic N) is 1. The van der Waals surface area contributed by atoms with Gasteiger partial charge in [-0.05, 0) is 72.3 Å². The van der Waals surface area contributed by atoms with Crippen molar-refractivity contribution >= 4 is 5.91 Å². The van der Waals surface area contributed by atoms with Gasteiger partial charge >= 0.3 is 0 Å². The summed E-state index contributed by atoms with van der Waals surface area (Å²) in [5.41, 5.74) is 3.52. The molecule has 1 amide bonds. The molecule has 1 N–H and O–H groups in total. The highest BCUT2D eigenvalue weighted by Crippen LogP contribution is 2.42. The van der Waals surface area contributed by atoms with Crippen molar-refractivity contribution in [3.63, 3.8) is 0 Å². The summed E-state index contributed by atoms with van der Waals surface area (Å²) in [4.78, 5) is 13.9. The van der Waals surface area contributed by atoms with Crippen molar-refractivity contribution in [1.82, 2.24) is 4.90 Å². The highest BCUT2D eigenvalue weighted by molar-refractivity contribution is 5.79. The standard InChI is InChI=1S/C26H32FNO3/c1-17(21-9-10-24(27)25(14-21)31-2)11-19-5-8-22(12-19)20-6-3-18(4-7-20)13-26(30)28-15-23(29)16-28/h3-4,6-7,9-10,14,17,19,22-23,29H,5,8,11-13,15-16H2,1-2H3/t17-,19+,22+/m0/s1. The van der Waals surface area contributed by atoms with Gasteiger partial charge in [-0.1, -0.05) is 37.3 Å².